The van der Waals surface area contributed by atoms with Gasteiger partial charge in [-0.1, -0.05) is 17.7 Å². The van der Waals surface area contributed by atoms with Crippen molar-refractivity contribution in [1.82, 2.24) is 0 Å². The van der Waals surface area contributed by atoms with Crippen molar-refractivity contribution in [1.29, 1.82) is 0 Å². The molecule has 0 saturated carbocycles. The average Bonchev–Trinajstić information content (AvgIpc) is 3.14. The van der Waals surface area contributed by atoms with E-state index in [4.69, 9.17) is 13.9 Å². The first-order valence-corrected chi connectivity index (χ1v) is 9.22. The summed E-state index contributed by atoms with van der Waals surface area (Å²) in [6, 6.07) is 6.39. The van der Waals surface area contributed by atoms with Gasteiger partial charge in [-0.2, -0.15) is 0 Å². The third-order valence-electron chi connectivity index (χ3n) is 4.88. The van der Waals surface area contributed by atoms with Crippen LogP contribution in [0.25, 0.3) is 6.08 Å². The molecule has 1 atom stereocenters. The van der Waals surface area contributed by atoms with Crippen LogP contribution >= 0.6 is 0 Å². The van der Waals surface area contributed by atoms with E-state index in [9.17, 15) is 14.9 Å². The van der Waals surface area contributed by atoms with Crippen molar-refractivity contribution in [3.63, 3.8) is 0 Å². The number of allylic oxidation sites excluding steroid dienone is 2. The zero-order valence-corrected chi connectivity index (χ0v) is 16.9. The highest BCUT2D eigenvalue weighted by Gasteiger charge is 2.28. The van der Waals surface area contributed by atoms with E-state index in [1.807, 2.05) is 19.1 Å². The van der Waals surface area contributed by atoms with Crippen LogP contribution in [-0.2, 0) is 4.74 Å². The number of rotatable bonds is 5. The Morgan fingerprint density at radius 2 is 1.93 bits per heavy atom. The molecule has 1 unspecified atom stereocenters. The zero-order valence-electron chi connectivity index (χ0n) is 16.9. The summed E-state index contributed by atoms with van der Waals surface area (Å²) in [6.07, 6.45) is 4.25. The van der Waals surface area contributed by atoms with Crippen LogP contribution in [0.1, 0.15) is 41.9 Å². The lowest BCUT2D eigenvalue weighted by Gasteiger charge is -2.13. The molecule has 1 aromatic heterocycles. The van der Waals surface area contributed by atoms with Gasteiger partial charge in [0.25, 0.3) is 11.6 Å². The third-order valence-corrected chi connectivity index (χ3v) is 4.88. The Hall–Kier alpha value is -3.19. The first kappa shape index (κ1) is 20.5. The van der Waals surface area contributed by atoms with Gasteiger partial charge in [0.05, 0.1) is 24.2 Å². The second kappa shape index (κ2) is 8.45. The number of ether oxygens (including phenoxy) is 2. The number of nitro groups is 1. The SMILES string of the molecule is COc1oc(C2C/C(=C/C(C)=C/c3ccc([N+](=O)[O-])cc3)CO2)c(C)c(=O)c1C. The topological polar surface area (TPSA) is 91.8 Å². The fraction of sp³-hybridized carbons (Fsp3) is 0.318. The molecule has 1 aliphatic rings. The Morgan fingerprint density at radius 3 is 2.55 bits per heavy atom. The van der Waals surface area contributed by atoms with Gasteiger partial charge in [0.1, 0.15) is 11.9 Å². The Bertz CT molecular complexity index is 1050. The summed E-state index contributed by atoms with van der Waals surface area (Å²) in [5.74, 6) is 0.712. The maximum absolute atomic E-state index is 12.4. The van der Waals surface area contributed by atoms with Crippen molar-refractivity contribution in [3.05, 3.63) is 84.3 Å². The van der Waals surface area contributed by atoms with Crippen molar-refractivity contribution in [3.8, 4) is 5.95 Å². The van der Waals surface area contributed by atoms with E-state index in [0.717, 1.165) is 16.7 Å². The van der Waals surface area contributed by atoms with Crippen LogP contribution in [0.2, 0.25) is 0 Å². The fourth-order valence-corrected chi connectivity index (χ4v) is 3.39. The number of methoxy groups -OCH3 is 1. The lowest BCUT2D eigenvalue weighted by atomic mass is 10.0. The van der Waals surface area contributed by atoms with Gasteiger partial charge in [-0.05, 0) is 44.0 Å². The summed E-state index contributed by atoms with van der Waals surface area (Å²) in [4.78, 5) is 22.7. The van der Waals surface area contributed by atoms with Gasteiger partial charge in [-0.25, -0.2) is 0 Å². The van der Waals surface area contributed by atoms with E-state index in [1.165, 1.54) is 19.2 Å². The molecule has 1 fully saturated rings. The van der Waals surface area contributed by atoms with E-state index in [0.29, 0.717) is 29.9 Å². The largest absolute Gasteiger partial charge is 0.468 e. The summed E-state index contributed by atoms with van der Waals surface area (Å²) < 4.78 is 16.8. The van der Waals surface area contributed by atoms with E-state index in [-0.39, 0.29) is 23.2 Å². The predicted octanol–water partition coefficient (Wildman–Crippen LogP) is 4.66. The van der Waals surface area contributed by atoms with E-state index < -0.39 is 4.92 Å². The molecule has 2 heterocycles. The van der Waals surface area contributed by atoms with Crippen molar-refractivity contribution >= 4 is 11.8 Å². The van der Waals surface area contributed by atoms with Gasteiger partial charge in [0.2, 0.25) is 0 Å². The molecule has 1 saturated heterocycles. The number of hydrogen-bond acceptors (Lipinski definition) is 6. The molecule has 152 valence electrons. The second-order valence-corrected chi connectivity index (χ2v) is 7.08. The van der Waals surface area contributed by atoms with Gasteiger partial charge < -0.3 is 13.9 Å². The summed E-state index contributed by atoms with van der Waals surface area (Å²) >= 11 is 0. The van der Waals surface area contributed by atoms with Crippen molar-refractivity contribution in [2.24, 2.45) is 0 Å². The lowest BCUT2D eigenvalue weighted by Crippen LogP contribution is -2.15. The summed E-state index contributed by atoms with van der Waals surface area (Å²) in [5, 5.41) is 10.7. The van der Waals surface area contributed by atoms with Crippen LogP contribution in [0.4, 0.5) is 5.69 Å². The highest BCUT2D eigenvalue weighted by molar-refractivity contribution is 5.57. The number of benzene rings is 1. The highest BCUT2D eigenvalue weighted by atomic mass is 16.6. The number of nitrogens with zero attached hydrogens (tertiary/aromatic N) is 1. The molecule has 1 aromatic carbocycles. The van der Waals surface area contributed by atoms with E-state index >= 15 is 0 Å². The summed E-state index contributed by atoms with van der Waals surface area (Å²) in [7, 11) is 1.47. The number of non-ortho nitro benzene ring substituents is 1. The molecule has 0 spiro atoms. The standard InChI is InChI=1S/C22H23NO6/c1-13(9-16-5-7-18(8-6-16)23(25)26)10-17-11-19(28-12-17)21-14(2)20(24)15(3)22(27-4)29-21/h5-10,19H,11-12H2,1-4H3/b13-9+,17-10-. The molecular weight excluding hydrogens is 374 g/mol. The molecule has 0 N–H and O–H groups in total. The Morgan fingerprint density at radius 1 is 1.24 bits per heavy atom. The molecule has 1 aliphatic heterocycles. The minimum Gasteiger partial charge on any atom is -0.468 e. The van der Waals surface area contributed by atoms with Crippen molar-refractivity contribution < 1.29 is 18.8 Å². The molecule has 29 heavy (non-hydrogen) atoms. The predicted molar refractivity (Wildman–Crippen MR) is 109 cm³/mol. The van der Waals surface area contributed by atoms with Crippen molar-refractivity contribution in [2.45, 2.75) is 33.3 Å². The number of hydrogen-bond donors (Lipinski definition) is 0. The van der Waals surface area contributed by atoms with E-state index in [2.05, 4.69) is 0 Å². The van der Waals surface area contributed by atoms with Crippen LogP contribution < -0.4 is 10.2 Å². The monoisotopic (exact) mass is 397 g/mol. The molecule has 3 rings (SSSR count). The highest BCUT2D eigenvalue weighted by Crippen LogP contribution is 2.35. The summed E-state index contributed by atoms with van der Waals surface area (Å²) in [6.45, 7) is 5.81. The van der Waals surface area contributed by atoms with Crippen molar-refractivity contribution in [2.75, 3.05) is 13.7 Å². The van der Waals surface area contributed by atoms with Crippen LogP contribution in [0.3, 0.4) is 0 Å². The van der Waals surface area contributed by atoms with Gasteiger partial charge in [-0.15, -0.1) is 0 Å². The Balaban J connectivity index is 1.78. The van der Waals surface area contributed by atoms with E-state index in [1.54, 1.807) is 26.0 Å². The van der Waals surface area contributed by atoms with Gasteiger partial charge in [0.15, 0.2) is 5.43 Å². The van der Waals surface area contributed by atoms with Gasteiger partial charge >= 0.3 is 0 Å². The molecule has 7 heteroatoms. The molecule has 0 aliphatic carbocycles. The first-order chi connectivity index (χ1) is 13.8. The fourth-order valence-electron chi connectivity index (χ4n) is 3.39. The quantitative estimate of drug-likeness (QED) is 0.538. The molecular formula is C22H23NO6. The van der Waals surface area contributed by atoms with Gasteiger partial charge in [0, 0.05) is 24.1 Å². The third kappa shape index (κ3) is 4.46. The van der Waals surface area contributed by atoms with Crippen LogP contribution in [0.15, 0.2) is 50.7 Å². The van der Waals surface area contributed by atoms with Crippen LogP contribution in [-0.4, -0.2) is 18.6 Å². The summed E-state index contributed by atoms with van der Waals surface area (Å²) in [5.41, 5.74) is 3.90. The second-order valence-electron chi connectivity index (χ2n) is 7.08. The average molecular weight is 397 g/mol. The normalized spacial score (nSPS) is 18.3. The Kier molecular flexibility index (Phi) is 5.98. The van der Waals surface area contributed by atoms with Crippen LogP contribution in [0.5, 0.6) is 5.95 Å². The molecule has 7 nitrogen and oxygen atoms in total. The maximum atomic E-state index is 12.4. The van der Waals surface area contributed by atoms with Gasteiger partial charge in [-0.3, -0.25) is 14.9 Å². The molecule has 0 bridgehead atoms. The maximum Gasteiger partial charge on any atom is 0.291 e. The minimum absolute atomic E-state index is 0.0654. The molecule has 0 amide bonds. The molecule has 2 aromatic rings. The Labute approximate surface area is 168 Å². The minimum atomic E-state index is -0.418. The molecule has 0 radical (unpaired) electrons. The van der Waals surface area contributed by atoms with Crippen LogP contribution in [0, 0.1) is 24.0 Å². The zero-order chi connectivity index (χ0) is 21.1. The first-order valence-electron chi connectivity index (χ1n) is 9.22. The lowest BCUT2D eigenvalue weighted by molar-refractivity contribution is -0.384. The number of nitro benzene ring substituents is 1. The smallest absolute Gasteiger partial charge is 0.291 e.